The van der Waals surface area contributed by atoms with Crippen LogP contribution in [0.25, 0.3) is 16.9 Å². The highest BCUT2D eigenvalue weighted by molar-refractivity contribution is 5.67. The highest BCUT2D eigenvalue weighted by atomic mass is 16.5. The van der Waals surface area contributed by atoms with Crippen LogP contribution in [0.3, 0.4) is 0 Å². The minimum Gasteiger partial charge on any atom is -0.497 e. The Balaban J connectivity index is 1.54. The Morgan fingerprint density at radius 1 is 0.968 bits per heavy atom. The van der Waals surface area contributed by atoms with Gasteiger partial charge in [0.1, 0.15) is 11.5 Å². The predicted molar refractivity (Wildman–Crippen MR) is 121 cm³/mol. The third kappa shape index (κ3) is 4.50. The topological polar surface area (TPSA) is 74.1 Å². The van der Waals surface area contributed by atoms with Crippen LogP contribution in [-0.4, -0.2) is 34.0 Å². The third-order valence-electron chi connectivity index (χ3n) is 5.04. The summed E-state index contributed by atoms with van der Waals surface area (Å²) in [4.78, 5) is 4.29. The van der Waals surface area contributed by atoms with Crippen molar-refractivity contribution in [2.45, 2.75) is 20.4 Å². The van der Waals surface area contributed by atoms with Crippen LogP contribution in [0.5, 0.6) is 11.5 Å². The number of hydrogen-bond donors (Lipinski definition) is 1. The van der Waals surface area contributed by atoms with Crippen molar-refractivity contribution in [1.29, 1.82) is 0 Å². The van der Waals surface area contributed by atoms with E-state index < -0.39 is 0 Å². The molecule has 0 aliphatic carbocycles. The Kier molecular flexibility index (Phi) is 5.84. The molecule has 158 valence electrons. The fourth-order valence-corrected chi connectivity index (χ4v) is 3.37. The highest BCUT2D eigenvalue weighted by Crippen LogP contribution is 2.30. The van der Waals surface area contributed by atoms with Crippen molar-refractivity contribution in [3.63, 3.8) is 0 Å². The van der Waals surface area contributed by atoms with Gasteiger partial charge in [-0.2, -0.15) is 0 Å². The Hall–Kier alpha value is -3.87. The molecule has 2 aromatic carbocycles. The van der Waals surface area contributed by atoms with Crippen molar-refractivity contribution in [3.05, 3.63) is 77.9 Å². The van der Waals surface area contributed by atoms with Crippen molar-refractivity contribution in [1.82, 2.24) is 19.7 Å². The van der Waals surface area contributed by atoms with Crippen molar-refractivity contribution < 1.29 is 9.47 Å². The summed E-state index contributed by atoms with van der Waals surface area (Å²) >= 11 is 0. The SMILES string of the molecule is COc1cccc(CNc2nnc(-c3ccc(-n4cnc(C)c4)c(OC)c3)cc2C)c1. The zero-order valence-electron chi connectivity index (χ0n) is 18.1. The average Bonchev–Trinajstić information content (AvgIpc) is 3.24. The van der Waals surface area contributed by atoms with Gasteiger partial charge < -0.3 is 19.4 Å². The molecule has 0 aliphatic rings. The third-order valence-corrected chi connectivity index (χ3v) is 5.04. The first kappa shape index (κ1) is 20.4. The van der Waals surface area contributed by atoms with E-state index in [4.69, 9.17) is 9.47 Å². The van der Waals surface area contributed by atoms with Gasteiger partial charge in [0.25, 0.3) is 0 Å². The molecular formula is C24H25N5O2. The molecule has 0 fully saturated rings. The fraction of sp³-hybridized carbons (Fsp3) is 0.208. The van der Waals surface area contributed by atoms with Crippen molar-refractivity contribution in [3.8, 4) is 28.4 Å². The number of aromatic nitrogens is 4. The van der Waals surface area contributed by atoms with Crippen molar-refractivity contribution >= 4 is 5.82 Å². The summed E-state index contributed by atoms with van der Waals surface area (Å²) in [5.74, 6) is 2.33. The maximum absolute atomic E-state index is 5.61. The van der Waals surface area contributed by atoms with Crippen LogP contribution in [0.1, 0.15) is 16.8 Å². The van der Waals surface area contributed by atoms with E-state index in [1.807, 2.05) is 73.1 Å². The molecule has 0 radical (unpaired) electrons. The number of ether oxygens (including phenoxy) is 2. The molecule has 0 unspecified atom stereocenters. The van der Waals surface area contributed by atoms with Crippen LogP contribution < -0.4 is 14.8 Å². The van der Waals surface area contributed by atoms with Crippen LogP contribution in [0, 0.1) is 13.8 Å². The molecule has 0 atom stereocenters. The van der Waals surface area contributed by atoms with Crippen molar-refractivity contribution in [2.24, 2.45) is 0 Å². The van der Waals surface area contributed by atoms with Gasteiger partial charge in [0.15, 0.2) is 5.82 Å². The first-order valence-corrected chi connectivity index (χ1v) is 9.98. The molecular weight excluding hydrogens is 390 g/mol. The number of rotatable bonds is 7. The number of hydrogen-bond acceptors (Lipinski definition) is 6. The lowest BCUT2D eigenvalue weighted by Crippen LogP contribution is -2.05. The molecule has 0 saturated heterocycles. The summed E-state index contributed by atoms with van der Waals surface area (Å²) in [7, 11) is 3.33. The lowest BCUT2D eigenvalue weighted by Gasteiger charge is -2.12. The lowest BCUT2D eigenvalue weighted by atomic mass is 10.1. The highest BCUT2D eigenvalue weighted by Gasteiger charge is 2.11. The van der Waals surface area contributed by atoms with Gasteiger partial charge in [0, 0.05) is 18.3 Å². The Bertz CT molecular complexity index is 1200. The van der Waals surface area contributed by atoms with Gasteiger partial charge in [-0.3, -0.25) is 0 Å². The van der Waals surface area contributed by atoms with Gasteiger partial charge in [-0.15, -0.1) is 10.2 Å². The van der Waals surface area contributed by atoms with Gasteiger partial charge in [0.2, 0.25) is 0 Å². The largest absolute Gasteiger partial charge is 0.497 e. The first-order chi connectivity index (χ1) is 15.1. The molecule has 1 N–H and O–H groups in total. The molecule has 0 bridgehead atoms. The van der Waals surface area contributed by atoms with Crippen LogP contribution in [-0.2, 0) is 6.54 Å². The summed E-state index contributed by atoms with van der Waals surface area (Å²) in [6.45, 7) is 4.62. The van der Waals surface area contributed by atoms with Crippen LogP contribution in [0.15, 0.2) is 61.1 Å². The quantitative estimate of drug-likeness (QED) is 0.476. The zero-order chi connectivity index (χ0) is 21.8. The van der Waals surface area contributed by atoms with E-state index in [1.165, 1.54) is 0 Å². The Morgan fingerprint density at radius 2 is 1.84 bits per heavy atom. The lowest BCUT2D eigenvalue weighted by molar-refractivity contribution is 0.413. The number of methoxy groups -OCH3 is 2. The number of nitrogens with one attached hydrogen (secondary N) is 1. The number of nitrogens with zero attached hydrogens (tertiary/aromatic N) is 4. The molecule has 4 rings (SSSR count). The second-order valence-electron chi connectivity index (χ2n) is 7.28. The molecule has 0 saturated carbocycles. The van der Waals surface area contributed by atoms with Crippen LogP contribution in [0.2, 0.25) is 0 Å². The minimum atomic E-state index is 0.638. The summed E-state index contributed by atoms with van der Waals surface area (Å²) in [6.07, 6.45) is 3.74. The van der Waals surface area contributed by atoms with Gasteiger partial charge in [0.05, 0.1) is 37.6 Å². The van der Waals surface area contributed by atoms with Gasteiger partial charge in [-0.25, -0.2) is 4.98 Å². The van der Waals surface area contributed by atoms with E-state index in [0.717, 1.165) is 51.1 Å². The molecule has 7 heteroatoms. The second-order valence-corrected chi connectivity index (χ2v) is 7.28. The molecule has 0 spiro atoms. The molecule has 2 heterocycles. The summed E-state index contributed by atoms with van der Waals surface area (Å²) in [5.41, 5.74) is 5.72. The Morgan fingerprint density at radius 3 is 2.55 bits per heavy atom. The van der Waals surface area contributed by atoms with E-state index in [0.29, 0.717) is 6.54 Å². The molecule has 7 nitrogen and oxygen atoms in total. The van der Waals surface area contributed by atoms with Gasteiger partial charge in [-0.05, 0) is 55.3 Å². The molecule has 4 aromatic rings. The predicted octanol–water partition coefficient (Wildman–Crippen LogP) is 4.58. The zero-order valence-corrected chi connectivity index (χ0v) is 18.1. The molecule has 2 aromatic heterocycles. The van der Waals surface area contributed by atoms with E-state index in [2.05, 4.69) is 20.5 Å². The average molecular weight is 415 g/mol. The molecule has 31 heavy (non-hydrogen) atoms. The van der Waals surface area contributed by atoms with E-state index in [1.54, 1.807) is 20.5 Å². The smallest absolute Gasteiger partial charge is 0.151 e. The van der Waals surface area contributed by atoms with E-state index in [-0.39, 0.29) is 0 Å². The summed E-state index contributed by atoms with van der Waals surface area (Å²) < 4.78 is 12.8. The van der Waals surface area contributed by atoms with Gasteiger partial charge in [-0.1, -0.05) is 18.2 Å². The number of aryl methyl sites for hydroxylation is 2. The molecule has 0 amide bonds. The normalized spacial score (nSPS) is 10.7. The monoisotopic (exact) mass is 415 g/mol. The summed E-state index contributed by atoms with van der Waals surface area (Å²) in [5, 5.41) is 12.2. The number of benzene rings is 2. The number of imidazole rings is 1. The van der Waals surface area contributed by atoms with Crippen LogP contribution >= 0.6 is 0 Å². The first-order valence-electron chi connectivity index (χ1n) is 9.98. The number of anilines is 1. The maximum Gasteiger partial charge on any atom is 0.151 e. The standard InChI is InChI=1S/C24H25N5O2/c1-16-10-21(27-28-24(16)25-13-18-6-5-7-20(11-18)30-3)19-8-9-22(23(12-19)31-4)29-14-17(2)26-15-29/h5-12,14-15H,13H2,1-4H3,(H,25,28). The summed E-state index contributed by atoms with van der Waals surface area (Å²) in [6, 6.07) is 16.0. The van der Waals surface area contributed by atoms with E-state index >= 15 is 0 Å². The van der Waals surface area contributed by atoms with Gasteiger partial charge >= 0.3 is 0 Å². The maximum atomic E-state index is 5.61. The van der Waals surface area contributed by atoms with E-state index in [9.17, 15) is 0 Å². The molecule has 0 aliphatic heterocycles. The van der Waals surface area contributed by atoms with Crippen LogP contribution in [0.4, 0.5) is 5.82 Å². The second kappa shape index (κ2) is 8.87. The van der Waals surface area contributed by atoms with Crippen molar-refractivity contribution in [2.75, 3.05) is 19.5 Å². The fourth-order valence-electron chi connectivity index (χ4n) is 3.37. The minimum absolute atomic E-state index is 0.638. The Labute approximate surface area is 181 Å².